The van der Waals surface area contributed by atoms with Crippen LogP contribution in [0.2, 0.25) is 0 Å². The first-order valence-corrected chi connectivity index (χ1v) is 10.9. The highest BCUT2D eigenvalue weighted by atomic mass is 16.5. The number of nitrogens with one attached hydrogen (secondary N) is 1. The summed E-state index contributed by atoms with van der Waals surface area (Å²) >= 11 is 0. The molecule has 0 spiro atoms. The van der Waals surface area contributed by atoms with E-state index in [2.05, 4.69) is 24.1 Å². The normalized spacial score (nSPS) is 22.2. The molecule has 1 aromatic carbocycles. The van der Waals surface area contributed by atoms with Gasteiger partial charge in [0.15, 0.2) is 5.78 Å². The third-order valence-corrected chi connectivity index (χ3v) is 6.18. The fourth-order valence-corrected chi connectivity index (χ4v) is 4.80. The fourth-order valence-electron chi connectivity index (χ4n) is 4.80. The van der Waals surface area contributed by atoms with Crippen molar-refractivity contribution < 1.29 is 14.3 Å². The number of carbonyl (C=O) groups excluding carboxylic acids is 2. The molecule has 6 heteroatoms. The van der Waals surface area contributed by atoms with Gasteiger partial charge >= 0.3 is 0 Å². The Morgan fingerprint density at radius 2 is 1.88 bits per heavy atom. The molecular weight excluding hydrogens is 402 g/mol. The SMILES string of the molecule is COc1cccc([C@@H]2C3=C(CC(C)(C)CC3=O)N=C(C)C2C(=O)Nc2cccc(C)n2)c1. The summed E-state index contributed by atoms with van der Waals surface area (Å²) in [4.78, 5) is 36.1. The van der Waals surface area contributed by atoms with Crippen LogP contribution in [0.25, 0.3) is 0 Å². The first-order chi connectivity index (χ1) is 15.2. The molecule has 2 atom stereocenters. The molecule has 4 rings (SSSR count). The summed E-state index contributed by atoms with van der Waals surface area (Å²) in [5.41, 5.74) is 3.69. The van der Waals surface area contributed by atoms with E-state index in [4.69, 9.17) is 9.73 Å². The molecule has 1 aromatic heterocycles. The minimum absolute atomic E-state index is 0.0619. The second-order valence-electron chi connectivity index (χ2n) is 9.44. The topological polar surface area (TPSA) is 80.6 Å². The van der Waals surface area contributed by atoms with Crippen molar-refractivity contribution in [3.63, 3.8) is 0 Å². The van der Waals surface area contributed by atoms with Gasteiger partial charge in [-0.3, -0.25) is 14.6 Å². The average molecular weight is 432 g/mol. The number of aliphatic imine (C=N–C) groups is 1. The monoisotopic (exact) mass is 431 g/mol. The van der Waals surface area contributed by atoms with Gasteiger partial charge in [-0.25, -0.2) is 4.98 Å². The van der Waals surface area contributed by atoms with Crippen LogP contribution in [0, 0.1) is 18.3 Å². The van der Waals surface area contributed by atoms with E-state index in [0.29, 0.717) is 35.7 Å². The van der Waals surface area contributed by atoms with Gasteiger partial charge < -0.3 is 10.1 Å². The van der Waals surface area contributed by atoms with E-state index < -0.39 is 11.8 Å². The van der Waals surface area contributed by atoms with Crippen molar-refractivity contribution in [1.29, 1.82) is 0 Å². The standard InChI is InChI=1S/C26H29N3O3/c1-15-8-6-11-21(27-15)29-25(31)22-16(2)28-19-13-26(3,4)14-20(30)24(19)23(22)17-9-7-10-18(12-17)32-5/h6-12,22-23H,13-14H2,1-5H3,(H,27,29,31)/t22?,23-/m0/s1. The number of nitrogens with zero attached hydrogens (tertiary/aromatic N) is 2. The lowest BCUT2D eigenvalue weighted by Gasteiger charge is -2.39. The van der Waals surface area contributed by atoms with Crippen LogP contribution in [0.5, 0.6) is 5.75 Å². The van der Waals surface area contributed by atoms with Crippen molar-refractivity contribution in [1.82, 2.24) is 4.98 Å². The number of anilines is 1. The van der Waals surface area contributed by atoms with E-state index in [9.17, 15) is 9.59 Å². The van der Waals surface area contributed by atoms with Gasteiger partial charge in [-0.05, 0) is 55.5 Å². The molecule has 32 heavy (non-hydrogen) atoms. The number of hydrogen-bond acceptors (Lipinski definition) is 5. The number of Topliss-reactive ketones (excluding diaryl/α,β-unsaturated/α-hetero) is 1. The molecule has 6 nitrogen and oxygen atoms in total. The Labute approximate surface area is 188 Å². The molecule has 0 saturated carbocycles. The van der Waals surface area contributed by atoms with Crippen LogP contribution >= 0.6 is 0 Å². The fraction of sp³-hybridized carbons (Fsp3) is 0.385. The van der Waals surface area contributed by atoms with Gasteiger partial charge in [0, 0.05) is 35.0 Å². The Bertz CT molecular complexity index is 1150. The van der Waals surface area contributed by atoms with Gasteiger partial charge in [0.05, 0.1) is 13.0 Å². The van der Waals surface area contributed by atoms with Gasteiger partial charge in [0.1, 0.15) is 11.6 Å². The summed E-state index contributed by atoms with van der Waals surface area (Å²) < 4.78 is 5.43. The maximum absolute atomic E-state index is 13.5. The van der Waals surface area contributed by atoms with Gasteiger partial charge in [0.25, 0.3) is 0 Å². The number of aryl methyl sites for hydroxylation is 1. The maximum atomic E-state index is 13.5. The molecule has 0 fully saturated rings. The molecule has 166 valence electrons. The van der Waals surface area contributed by atoms with Crippen molar-refractivity contribution in [2.45, 2.75) is 46.5 Å². The summed E-state index contributed by atoms with van der Waals surface area (Å²) in [6, 6.07) is 13.1. The summed E-state index contributed by atoms with van der Waals surface area (Å²) in [6.07, 6.45) is 1.15. The predicted molar refractivity (Wildman–Crippen MR) is 125 cm³/mol. The first-order valence-electron chi connectivity index (χ1n) is 10.9. The Hall–Kier alpha value is -3.28. The van der Waals surface area contributed by atoms with Crippen molar-refractivity contribution >= 4 is 23.2 Å². The van der Waals surface area contributed by atoms with Crippen molar-refractivity contribution in [3.05, 3.63) is 65.0 Å². The number of amides is 1. The molecule has 1 aliphatic heterocycles. The summed E-state index contributed by atoms with van der Waals surface area (Å²) in [5.74, 6) is -0.0246. The van der Waals surface area contributed by atoms with Crippen LogP contribution in [0.1, 0.15) is 50.8 Å². The van der Waals surface area contributed by atoms with Crippen LogP contribution in [-0.2, 0) is 9.59 Å². The highest BCUT2D eigenvalue weighted by Gasteiger charge is 2.45. The molecule has 1 aliphatic carbocycles. The van der Waals surface area contributed by atoms with Crippen LogP contribution in [-0.4, -0.2) is 29.5 Å². The summed E-state index contributed by atoms with van der Waals surface area (Å²) in [5, 5.41) is 2.94. The number of aromatic nitrogens is 1. The van der Waals surface area contributed by atoms with Crippen molar-refractivity contribution in [3.8, 4) is 5.75 Å². The molecule has 0 saturated heterocycles. The quantitative estimate of drug-likeness (QED) is 0.750. The molecule has 1 amide bonds. The van der Waals surface area contributed by atoms with Crippen LogP contribution in [0.15, 0.2) is 58.7 Å². The smallest absolute Gasteiger partial charge is 0.235 e. The second kappa shape index (κ2) is 8.34. The molecule has 1 unspecified atom stereocenters. The van der Waals surface area contributed by atoms with Crippen LogP contribution in [0.3, 0.4) is 0 Å². The zero-order valence-electron chi connectivity index (χ0n) is 19.2. The molecular formula is C26H29N3O3. The Morgan fingerprint density at radius 3 is 2.59 bits per heavy atom. The maximum Gasteiger partial charge on any atom is 0.235 e. The van der Waals surface area contributed by atoms with Gasteiger partial charge in [-0.1, -0.05) is 32.0 Å². The number of ketones is 1. The Morgan fingerprint density at radius 1 is 1.12 bits per heavy atom. The Balaban J connectivity index is 1.81. The van der Waals surface area contributed by atoms with E-state index in [0.717, 1.165) is 17.0 Å². The van der Waals surface area contributed by atoms with Crippen LogP contribution < -0.4 is 10.1 Å². The molecule has 0 radical (unpaired) electrons. The van der Waals surface area contributed by atoms with Gasteiger partial charge in [-0.15, -0.1) is 0 Å². The van der Waals surface area contributed by atoms with Gasteiger partial charge in [0.2, 0.25) is 5.91 Å². The highest BCUT2D eigenvalue weighted by molar-refractivity contribution is 6.13. The van der Waals surface area contributed by atoms with Crippen molar-refractivity contribution in [2.75, 3.05) is 12.4 Å². The first kappa shape index (κ1) is 21.9. The third kappa shape index (κ3) is 4.22. The number of methoxy groups -OCH3 is 1. The molecule has 2 heterocycles. The second-order valence-corrected chi connectivity index (χ2v) is 9.44. The van der Waals surface area contributed by atoms with Crippen molar-refractivity contribution in [2.24, 2.45) is 16.3 Å². The van der Waals surface area contributed by atoms with Gasteiger partial charge in [-0.2, -0.15) is 0 Å². The number of ether oxygens (including phenoxy) is 1. The molecule has 0 bridgehead atoms. The van der Waals surface area contributed by atoms with E-state index in [1.165, 1.54) is 0 Å². The zero-order valence-corrected chi connectivity index (χ0v) is 19.2. The number of benzene rings is 1. The van der Waals surface area contributed by atoms with E-state index in [1.807, 2.05) is 50.2 Å². The van der Waals surface area contributed by atoms with Crippen LogP contribution in [0.4, 0.5) is 5.82 Å². The minimum atomic E-state index is -0.617. The average Bonchev–Trinajstić information content (AvgIpc) is 2.71. The lowest BCUT2D eigenvalue weighted by atomic mass is 9.66. The number of pyridine rings is 1. The third-order valence-electron chi connectivity index (χ3n) is 6.18. The largest absolute Gasteiger partial charge is 0.497 e. The highest BCUT2D eigenvalue weighted by Crippen LogP contribution is 2.48. The number of carbonyl (C=O) groups is 2. The number of rotatable bonds is 4. The van der Waals surface area contributed by atoms with E-state index in [-0.39, 0.29) is 17.1 Å². The molecule has 1 N–H and O–H groups in total. The minimum Gasteiger partial charge on any atom is -0.497 e. The lowest BCUT2D eigenvalue weighted by Crippen LogP contribution is -2.41. The predicted octanol–water partition coefficient (Wildman–Crippen LogP) is 4.85. The summed E-state index contributed by atoms with van der Waals surface area (Å²) in [7, 11) is 1.61. The molecule has 2 aromatic rings. The molecule has 2 aliphatic rings. The number of hydrogen-bond donors (Lipinski definition) is 1. The number of allylic oxidation sites excluding steroid dienone is 2. The lowest BCUT2D eigenvalue weighted by molar-refractivity contribution is -0.119. The Kier molecular flexibility index (Phi) is 5.71. The summed E-state index contributed by atoms with van der Waals surface area (Å²) in [6.45, 7) is 7.92. The van der Waals surface area contributed by atoms with E-state index in [1.54, 1.807) is 13.2 Å². The zero-order chi connectivity index (χ0) is 23.0. The van der Waals surface area contributed by atoms with E-state index >= 15 is 0 Å².